The maximum atomic E-state index is 13.3. The van der Waals surface area contributed by atoms with E-state index in [-0.39, 0.29) is 74.5 Å². The van der Waals surface area contributed by atoms with E-state index in [0.717, 1.165) is 27.8 Å². The maximum Gasteiger partial charge on any atom is 0.134 e. The Balaban J connectivity index is -0.000000309. The summed E-state index contributed by atoms with van der Waals surface area (Å²) in [6.07, 6.45) is 5.05. The summed E-state index contributed by atoms with van der Waals surface area (Å²) in [6.45, 7) is 23.2. The first-order valence-electron chi connectivity index (χ1n) is 17.9. The monoisotopic (exact) mass is 743 g/mol. The van der Waals surface area contributed by atoms with Gasteiger partial charge in [0.2, 0.25) is 0 Å². The van der Waals surface area contributed by atoms with E-state index in [1.54, 1.807) is 45.2 Å². The van der Waals surface area contributed by atoms with E-state index in [2.05, 4.69) is 50.9 Å². The number of aryl methyl sites for hydroxylation is 1. The fourth-order valence-electron chi connectivity index (χ4n) is 5.10. The highest BCUT2D eigenvalue weighted by Gasteiger charge is 2.09. The number of carbonyl (C=O) groups is 3. The van der Waals surface area contributed by atoms with Crippen LogP contribution in [0.3, 0.4) is 0 Å². The van der Waals surface area contributed by atoms with Crippen LogP contribution in [0.25, 0.3) is 0 Å². The molecule has 1 heterocycles. The van der Waals surface area contributed by atoms with Crippen molar-refractivity contribution in [2.45, 2.75) is 126 Å². The van der Waals surface area contributed by atoms with Gasteiger partial charge in [-0.2, -0.15) is 0 Å². The molecule has 0 aliphatic heterocycles. The van der Waals surface area contributed by atoms with Crippen molar-refractivity contribution >= 4 is 51.0 Å². The molecule has 10 heteroatoms. The van der Waals surface area contributed by atoms with Crippen LogP contribution in [0.1, 0.15) is 144 Å². The average molecular weight is 743 g/mol. The summed E-state index contributed by atoms with van der Waals surface area (Å²) in [7, 11) is 0. The molecule has 0 unspecified atom stereocenters. The molecule has 3 aromatic carbocycles. The van der Waals surface area contributed by atoms with Crippen molar-refractivity contribution in [1.82, 2.24) is 4.98 Å². The zero-order chi connectivity index (χ0) is 38.8. The Morgan fingerprint density at radius 1 is 0.509 bits per heavy atom. The molecule has 0 aliphatic carbocycles. The number of rotatable bonds is 10. The first-order chi connectivity index (χ1) is 23.8. The van der Waals surface area contributed by atoms with Gasteiger partial charge in [0.25, 0.3) is 0 Å². The van der Waals surface area contributed by atoms with Crippen molar-refractivity contribution < 1.29 is 23.2 Å². The van der Waals surface area contributed by atoms with Crippen LogP contribution in [0.15, 0.2) is 79.1 Å². The van der Waals surface area contributed by atoms with Crippen LogP contribution < -0.4 is 0 Å². The Morgan fingerprint density at radius 3 is 1.36 bits per heavy atom. The molecule has 0 aliphatic rings. The highest BCUT2D eigenvalue weighted by Crippen LogP contribution is 2.21. The molecule has 55 heavy (non-hydrogen) atoms. The number of hydrogen-bond donors (Lipinski definition) is 0. The van der Waals surface area contributed by atoms with Gasteiger partial charge in [0.05, 0.1) is 0 Å². The van der Waals surface area contributed by atoms with Crippen LogP contribution >= 0.6 is 0 Å². The molecular formula is C45H59B4F2NO3. The van der Waals surface area contributed by atoms with Gasteiger partial charge >= 0.3 is 0 Å². The molecule has 4 rings (SSSR count). The van der Waals surface area contributed by atoms with Gasteiger partial charge in [-0.3, -0.25) is 19.4 Å². The fraction of sp³-hybridized carbons (Fsp3) is 0.422. The molecular weight excluding hydrogens is 684 g/mol. The normalized spacial score (nSPS) is 9.78. The lowest BCUT2D eigenvalue weighted by molar-refractivity contribution is -0.117. The van der Waals surface area contributed by atoms with Gasteiger partial charge in [-0.25, -0.2) is 8.78 Å². The SMILES string of the molecule is CC(=O)Cc1ccc(F)c(C(C)C)c1.CC(=O)Cc1cccc(C(C)C)c1.CC(=O)Cc1cncc(C(C)C)c1.Cc1ccc(F)c(C(C)C)c1.[B].[B].[B].[B]. The number of carbonyl (C=O) groups excluding carboxylic acids is 3. The molecule has 0 spiro atoms. The minimum atomic E-state index is -0.188. The Morgan fingerprint density at radius 2 is 0.927 bits per heavy atom. The average Bonchev–Trinajstić information content (AvgIpc) is 3.03. The summed E-state index contributed by atoms with van der Waals surface area (Å²) >= 11 is 0. The first-order valence-corrected chi connectivity index (χ1v) is 17.9. The molecule has 4 nitrogen and oxygen atoms in total. The van der Waals surface area contributed by atoms with Crippen molar-refractivity contribution in [1.29, 1.82) is 0 Å². The minimum absolute atomic E-state index is 0. The van der Waals surface area contributed by atoms with Gasteiger partial charge in [0.1, 0.15) is 29.0 Å². The van der Waals surface area contributed by atoms with E-state index >= 15 is 0 Å². The van der Waals surface area contributed by atoms with Gasteiger partial charge in [0.15, 0.2) is 0 Å². The first kappa shape index (κ1) is 57.7. The van der Waals surface area contributed by atoms with E-state index in [4.69, 9.17) is 0 Å². The van der Waals surface area contributed by atoms with Crippen LogP contribution in [0, 0.1) is 18.6 Å². The molecule has 4 aromatic rings. The third-order valence-corrected chi connectivity index (χ3v) is 7.92. The van der Waals surface area contributed by atoms with E-state index in [0.29, 0.717) is 36.7 Å². The van der Waals surface area contributed by atoms with Crippen molar-refractivity contribution in [3.63, 3.8) is 0 Å². The Labute approximate surface area is 339 Å². The Kier molecular flexibility index (Phi) is 30.7. The quantitative estimate of drug-likeness (QED) is 0.152. The molecule has 0 atom stereocenters. The van der Waals surface area contributed by atoms with E-state index < -0.39 is 0 Å². The second-order valence-electron chi connectivity index (χ2n) is 14.5. The largest absolute Gasteiger partial charge is 0.300 e. The minimum Gasteiger partial charge on any atom is -0.300 e. The maximum absolute atomic E-state index is 13.3. The topological polar surface area (TPSA) is 64.1 Å². The van der Waals surface area contributed by atoms with Gasteiger partial charge in [-0.1, -0.05) is 116 Å². The molecule has 12 radical (unpaired) electrons. The lowest BCUT2D eigenvalue weighted by Gasteiger charge is -2.08. The third-order valence-electron chi connectivity index (χ3n) is 7.92. The number of nitrogens with zero attached hydrogens (tertiary/aromatic N) is 1. The number of ketones is 3. The van der Waals surface area contributed by atoms with E-state index in [9.17, 15) is 23.2 Å². The van der Waals surface area contributed by atoms with E-state index in [1.807, 2.05) is 59.0 Å². The zero-order valence-electron chi connectivity index (χ0n) is 35.2. The number of halogens is 2. The Hall–Kier alpha value is -4.06. The molecule has 0 bridgehead atoms. The highest BCUT2D eigenvalue weighted by molar-refractivity contribution is 5.79. The molecule has 0 fully saturated rings. The number of pyridine rings is 1. The van der Waals surface area contributed by atoms with Crippen molar-refractivity contribution in [2.24, 2.45) is 0 Å². The summed E-state index contributed by atoms with van der Waals surface area (Å²) in [5, 5.41) is 0. The Bertz CT molecular complexity index is 1660. The van der Waals surface area contributed by atoms with Crippen LogP contribution in [0.5, 0.6) is 0 Å². The summed E-state index contributed by atoms with van der Waals surface area (Å²) in [6, 6.07) is 20.4. The van der Waals surface area contributed by atoms with Crippen LogP contribution in [0.4, 0.5) is 8.78 Å². The summed E-state index contributed by atoms with van der Waals surface area (Å²) in [4.78, 5) is 36.8. The van der Waals surface area contributed by atoms with E-state index in [1.165, 1.54) is 23.3 Å². The van der Waals surface area contributed by atoms with Gasteiger partial charge < -0.3 is 0 Å². The van der Waals surface area contributed by atoms with Crippen LogP contribution in [0.2, 0.25) is 0 Å². The number of Topliss-reactive ketones (excluding diaryl/α,β-unsaturated/α-hetero) is 3. The van der Waals surface area contributed by atoms with Crippen molar-refractivity contribution in [3.05, 3.63) is 135 Å². The molecule has 0 saturated carbocycles. The number of hydrogen-bond acceptors (Lipinski definition) is 4. The zero-order valence-corrected chi connectivity index (χ0v) is 35.2. The fourth-order valence-corrected chi connectivity index (χ4v) is 5.10. The lowest BCUT2D eigenvalue weighted by Crippen LogP contribution is -2.00. The number of aromatic nitrogens is 1. The molecule has 0 amide bonds. The summed E-state index contributed by atoms with van der Waals surface area (Å²) in [5.41, 5.74) is 8.14. The predicted octanol–water partition coefficient (Wildman–Crippen LogP) is 10.1. The predicted molar refractivity (Wildman–Crippen MR) is 231 cm³/mol. The summed E-state index contributed by atoms with van der Waals surface area (Å²) < 4.78 is 26.3. The highest BCUT2D eigenvalue weighted by atomic mass is 19.1. The second-order valence-corrected chi connectivity index (χ2v) is 14.5. The van der Waals surface area contributed by atoms with Crippen molar-refractivity contribution in [2.75, 3.05) is 0 Å². The van der Waals surface area contributed by atoms with Crippen LogP contribution in [-0.4, -0.2) is 56.0 Å². The third kappa shape index (κ3) is 23.5. The van der Waals surface area contributed by atoms with Gasteiger partial charge in [-0.05, 0) is 102 Å². The smallest absolute Gasteiger partial charge is 0.134 e. The summed E-state index contributed by atoms with van der Waals surface area (Å²) in [5.74, 6) is 1.66. The molecule has 1 aromatic heterocycles. The standard InChI is InChI=1S/C12H15FO.C12H16O.C11H15NO.C10H13F.4B/c1-8(2)11-7-10(6-9(3)14)4-5-12(11)13;1-9(2)12-6-4-5-11(8-12)7-10(3)13;1-8(2)11-5-10(4-9(3)13)6-12-7-11;1-7(2)9-6-8(3)4-5-10(9)11;;;;/h4-5,7-8H,6H2,1-3H3;4-6,8-9H,7H2,1-3H3;5-8H,4H2,1-3H3;4-7H,1-3H3;;;;. The van der Waals surface area contributed by atoms with Crippen molar-refractivity contribution in [3.8, 4) is 0 Å². The van der Waals surface area contributed by atoms with Crippen LogP contribution in [-0.2, 0) is 33.6 Å². The van der Waals surface area contributed by atoms with Gasteiger partial charge in [-0.15, -0.1) is 0 Å². The van der Waals surface area contributed by atoms with Gasteiger partial charge in [0, 0.05) is 65.3 Å². The lowest BCUT2D eigenvalue weighted by atomic mass is 9.98. The molecule has 0 saturated heterocycles. The molecule has 288 valence electrons. The second kappa shape index (κ2) is 29.3. The number of benzene rings is 3. The molecule has 0 N–H and O–H groups in total.